The molecule has 6 heterocycles. The lowest BCUT2D eigenvalue weighted by atomic mass is 9.95. The van der Waals surface area contributed by atoms with Crippen molar-refractivity contribution >= 4 is 39.9 Å². The Labute approximate surface area is 225 Å². The number of pyridine rings is 1. The molecule has 0 unspecified atom stereocenters. The smallest absolute Gasteiger partial charge is 0.319 e. The summed E-state index contributed by atoms with van der Waals surface area (Å²) in [5.74, 6) is 0.135. The first-order chi connectivity index (χ1) is 18.0. The predicted molar refractivity (Wildman–Crippen MR) is 143 cm³/mol. The average molecular weight is 543 g/mol. The summed E-state index contributed by atoms with van der Waals surface area (Å²) in [4.78, 5) is 18.7. The number of halogens is 3. The molecule has 4 aliphatic rings. The Kier molecular flexibility index (Phi) is 5.92. The zero-order valence-corrected chi connectivity index (χ0v) is 22.0. The number of benzene rings is 1. The normalized spacial score (nSPS) is 24.7. The van der Waals surface area contributed by atoms with Gasteiger partial charge in [-0.2, -0.15) is 9.97 Å². The SMILES string of the molecule is Fc1c(-c2cccc(Cl)c2Cl)ncc2c(N3C[C@H]4CC[C@@H](C3)N4)nc(OCC34CCCN3CCC4)nc12. The molecule has 4 fully saturated rings. The third-order valence-corrected chi connectivity index (χ3v) is 9.47. The van der Waals surface area contributed by atoms with Crippen LogP contribution in [-0.4, -0.2) is 70.3 Å². The van der Waals surface area contributed by atoms with Gasteiger partial charge in [-0.3, -0.25) is 9.88 Å². The van der Waals surface area contributed by atoms with Gasteiger partial charge in [0.25, 0.3) is 0 Å². The molecule has 0 aliphatic carbocycles. The number of hydrogen-bond acceptors (Lipinski definition) is 7. The van der Waals surface area contributed by atoms with E-state index in [1.54, 1.807) is 24.4 Å². The van der Waals surface area contributed by atoms with Crippen molar-refractivity contribution in [1.82, 2.24) is 25.2 Å². The van der Waals surface area contributed by atoms with Crippen molar-refractivity contribution in [3.63, 3.8) is 0 Å². The zero-order valence-electron chi connectivity index (χ0n) is 20.5. The molecule has 1 aromatic carbocycles. The maximum absolute atomic E-state index is 16.2. The van der Waals surface area contributed by atoms with Gasteiger partial charge in [0.15, 0.2) is 5.82 Å². The second kappa shape index (κ2) is 9.19. The van der Waals surface area contributed by atoms with Gasteiger partial charge in [-0.15, -0.1) is 0 Å². The quantitative estimate of drug-likeness (QED) is 0.481. The molecule has 0 spiro atoms. The van der Waals surface area contributed by atoms with E-state index in [-0.39, 0.29) is 27.8 Å². The maximum Gasteiger partial charge on any atom is 0.319 e. The molecule has 4 aliphatic heterocycles. The van der Waals surface area contributed by atoms with Crippen LogP contribution in [0.25, 0.3) is 22.2 Å². The van der Waals surface area contributed by atoms with Gasteiger partial charge < -0.3 is 15.0 Å². The third kappa shape index (κ3) is 4.04. The van der Waals surface area contributed by atoms with Gasteiger partial charge in [-0.25, -0.2) is 4.39 Å². The van der Waals surface area contributed by atoms with Crippen molar-refractivity contribution in [3.8, 4) is 17.3 Å². The Morgan fingerprint density at radius 3 is 2.59 bits per heavy atom. The van der Waals surface area contributed by atoms with E-state index in [4.69, 9.17) is 32.9 Å². The van der Waals surface area contributed by atoms with Gasteiger partial charge >= 0.3 is 6.01 Å². The Hall–Kier alpha value is -2.26. The van der Waals surface area contributed by atoms with Gasteiger partial charge in [-0.05, 0) is 57.7 Å². The fourth-order valence-electron chi connectivity index (χ4n) is 6.83. The highest BCUT2D eigenvalue weighted by molar-refractivity contribution is 6.43. The van der Waals surface area contributed by atoms with E-state index in [0.717, 1.165) is 51.9 Å². The molecule has 1 N–H and O–H groups in total. The zero-order chi connectivity index (χ0) is 25.1. The second-order valence-corrected chi connectivity index (χ2v) is 11.6. The number of rotatable bonds is 5. The molecule has 37 heavy (non-hydrogen) atoms. The van der Waals surface area contributed by atoms with Crippen molar-refractivity contribution in [2.24, 2.45) is 0 Å². The minimum Gasteiger partial charge on any atom is -0.461 e. The lowest BCUT2D eigenvalue weighted by Gasteiger charge is -2.34. The van der Waals surface area contributed by atoms with Crippen LogP contribution in [0.3, 0.4) is 0 Å². The van der Waals surface area contributed by atoms with Crippen LogP contribution in [0.15, 0.2) is 24.4 Å². The highest BCUT2D eigenvalue weighted by atomic mass is 35.5. The molecule has 7 nitrogen and oxygen atoms in total. The average Bonchev–Trinajstić information content (AvgIpc) is 3.58. The number of nitrogens with zero attached hydrogens (tertiary/aromatic N) is 5. The van der Waals surface area contributed by atoms with Gasteiger partial charge in [-0.1, -0.05) is 35.3 Å². The van der Waals surface area contributed by atoms with E-state index in [2.05, 4.69) is 25.1 Å². The van der Waals surface area contributed by atoms with Crippen LogP contribution < -0.4 is 15.0 Å². The van der Waals surface area contributed by atoms with Crippen molar-refractivity contribution < 1.29 is 9.13 Å². The summed E-state index contributed by atoms with van der Waals surface area (Å²) >= 11 is 12.7. The summed E-state index contributed by atoms with van der Waals surface area (Å²) < 4.78 is 22.5. The van der Waals surface area contributed by atoms with Crippen molar-refractivity contribution in [2.45, 2.75) is 56.1 Å². The predicted octanol–water partition coefficient (Wildman–Crippen LogP) is 5.09. The van der Waals surface area contributed by atoms with Crippen LogP contribution in [0, 0.1) is 5.82 Å². The molecule has 4 saturated heterocycles. The van der Waals surface area contributed by atoms with Gasteiger partial charge in [0.2, 0.25) is 0 Å². The minimum absolute atomic E-state index is 0.0445. The lowest BCUT2D eigenvalue weighted by molar-refractivity contribution is 0.108. The number of ether oxygens (including phenoxy) is 1. The summed E-state index contributed by atoms with van der Waals surface area (Å²) in [5.41, 5.74) is 0.789. The molecule has 0 saturated carbocycles. The fourth-order valence-corrected chi connectivity index (χ4v) is 7.22. The molecule has 7 rings (SSSR count). The van der Waals surface area contributed by atoms with Gasteiger partial charge in [0, 0.05) is 36.9 Å². The monoisotopic (exact) mass is 542 g/mol. The first-order valence-corrected chi connectivity index (χ1v) is 14.0. The molecule has 0 radical (unpaired) electrons. The lowest BCUT2D eigenvalue weighted by Crippen LogP contribution is -2.51. The van der Waals surface area contributed by atoms with E-state index in [9.17, 15) is 0 Å². The largest absolute Gasteiger partial charge is 0.461 e. The van der Waals surface area contributed by atoms with Crippen LogP contribution in [0.5, 0.6) is 6.01 Å². The molecule has 3 aromatic rings. The molecule has 10 heteroatoms. The Bertz CT molecular complexity index is 1350. The first-order valence-electron chi connectivity index (χ1n) is 13.2. The molecule has 2 aromatic heterocycles. The number of nitrogens with one attached hydrogen (secondary N) is 1. The van der Waals surface area contributed by atoms with Crippen molar-refractivity contribution in [1.29, 1.82) is 0 Å². The molecule has 2 bridgehead atoms. The molecule has 0 amide bonds. The van der Waals surface area contributed by atoms with Crippen LogP contribution in [0.4, 0.5) is 10.2 Å². The molecular formula is C27H29Cl2FN6O. The fraction of sp³-hybridized carbons (Fsp3) is 0.519. The molecule has 194 valence electrons. The number of fused-ring (bicyclic) bond motifs is 4. The Balaban J connectivity index is 1.32. The third-order valence-electron chi connectivity index (χ3n) is 8.65. The van der Waals surface area contributed by atoms with E-state index >= 15 is 4.39 Å². The first kappa shape index (κ1) is 23.8. The van der Waals surface area contributed by atoms with Crippen molar-refractivity contribution in [3.05, 3.63) is 40.3 Å². The Morgan fingerprint density at radius 1 is 1.08 bits per heavy atom. The summed E-state index contributed by atoms with van der Waals surface area (Å²) in [5, 5.41) is 4.85. The molecule has 2 atom stereocenters. The number of anilines is 1. The van der Waals surface area contributed by atoms with E-state index in [1.165, 1.54) is 12.8 Å². The maximum atomic E-state index is 16.2. The van der Waals surface area contributed by atoms with E-state index in [1.807, 2.05) is 0 Å². The second-order valence-electron chi connectivity index (χ2n) is 10.9. The van der Waals surface area contributed by atoms with E-state index in [0.29, 0.717) is 40.5 Å². The topological polar surface area (TPSA) is 66.4 Å². The number of aromatic nitrogens is 3. The van der Waals surface area contributed by atoms with Crippen LogP contribution in [-0.2, 0) is 0 Å². The Morgan fingerprint density at radius 2 is 1.84 bits per heavy atom. The minimum atomic E-state index is -0.546. The van der Waals surface area contributed by atoms with Crippen LogP contribution in [0.1, 0.15) is 38.5 Å². The summed E-state index contributed by atoms with van der Waals surface area (Å²) in [6.45, 7) is 4.36. The molecular weight excluding hydrogens is 514 g/mol. The highest BCUT2D eigenvalue weighted by Gasteiger charge is 2.45. The van der Waals surface area contributed by atoms with Crippen LogP contribution in [0.2, 0.25) is 10.0 Å². The number of hydrogen-bond donors (Lipinski definition) is 1. The highest BCUT2D eigenvalue weighted by Crippen LogP contribution is 2.40. The van der Waals surface area contributed by atoms with Crippen LogP contribution >= 0.6 is 23.2 Å². The van der Waals surface area contributed by atoms with Crippen molar-refractivity contribution in [2.75, 3.05) is 37.7 Å². The van der Waals surface area contributed by atoms with E-state index < -0.39 is 5.82 Å². The van der Waals surface area contributed by atoms with Gasteiger partial charge in [0.05, 0.1) is 21.0 Å². The summed E-state index contributed by atoms with van der Waals surface area (Å²) in [7, 11) is 0. The summed E-state index contributed by atoms with van der Waals surface area (Å²) in [6, 6.07) is 6.15. The standard InChI is InChI=1S/C27H29Cl2FN6O/c28-20-5-1-4-18(21(20)29)23-22(30)24-19(12-31-23)25(35-13-16-6-7-17(14-35)32-16)34-26(33-24)37-15-27-8-2-10-36(27)11-3-9-27/h1,4-5,12,16-17,32H,2-3,6-11,13-15H2/t16-,17+. The summed E-state index contributed by atoms with van der Waals surface area (Å²) in [6.07, 6.45) is 8.52. The number of piperazine rings is 1. The van der Waals surface area contributed by atoms with Gasteiger partial charge in [0.1, 0.15) is 23.6 Å².